The van der Waals surface area contributed by atoms with E-state index in [1.54, 1.807) is 7.05 Å². The van der Waals surface area contributed by atoms with E-state index in [4.69, 9.17) is 23.7 Å². The summed E-state index contributed by atoms with van der Waals surface area (Å²) in [6.07, 6.45) is -0.297. The quantitative estimate of drug-likeness (QED) is 0.682. The van der Waals surface area contributed by atoms with Crippen LogP contribution < -0.4 is 29.0 Å². The van der Waals surface area contributed by atoms with Gasteiger partial charge in [0, 0.05) is 12.6 Å². The minimum Gasteiger partial charge on any atom is -0.493 e. The molecule has 0 aromatic heterocycles. The summed E-state index contributed by atoms with van der Waals surface area (Å²) in [4.78, 5) is 26.5. The van der Waals surface area contributed by atoms with E-state index >= 15 is 0 Å². The van der Waals surface area contributed by atoms with Crippen molar-refractivity contribution in [1.29, 1.82) is 0 Å². The van der Waals surface area contributed by atoms with E-state index in [-0.39, 0.29) is 24.1 Å². The summed E-state index contributed by atoms with van der Waals surface area (Å²) in [6, 6.07) is 10.4. The molecule has 1 N–H and O–H groups in total. The van der Waals surface area contributed by atoms with Gasteiger partial charge in [0.2, 0.25) is 11.7 Å². The van der Waals surface area contributed by atoms with Crippen LogP contribution in [0.3, 0.4) is 0 Å². The van der Waals surface area contributed by atoms with Gasteiger partial charge in [-0.15, -0.1) is 0 Å². The average Bonchev–Trinajstić information content (AvgIpc) is 2.80. The SMILES string of the molecule is COc1cc(C(=O)NCC(=O)N(C)CC2COc3ccccc3O2)cc(OC)c1OC. The maximum Gasteiger partial charge on any atom is 0.251 e. The zero-order valence-corrected chi connectivity index (χ0v) is 18.0. The van der Waals surface area contributed by atoms with Crippen molar-refractivity contribution in [3.8, 4) is 28.7 Å². The van der Waals surface area contributed by atoms with Gasteiger partial charge in [-0.2, -0.15) is 0 Å². The van der Waals surface area contributed by atoms with E-state index in [0.29, 0.717) is 41.9 Å². The normalized spacial score (nSPS) is 14.4. The Morgan fingerprint density at radius 1 is 1.06 bits per heavy atom. The molecule has 2 amide bonds. The van der Waals surface area contributed by atoms with Crippen LogP contribution in [0.5, 0.6) is 28.7 Å². The van der Waals surface area contributed by atoms with Crippen LogP contribution in [-0.2, 0) is 4.79 Å². The fourth-order valence-corrected chi connectivity index (χ4v) is 3.17. The van der Waals surface area contributed by atoms with E-state index in [2.05, 4.69) is 5.32 Å². The smallest absolute Gasteiger partial charge is 0.251 e. The molecule has 1 aliphatic heterocycles. The minimum absolute atomic E-state index is 0.170. The predicted molar refractivity (Wildman–Crippen MR) is 112 cm³/mol. The maximum atomic E-state index is 12.6. The molecule has 0 saturated heterocycles. The van der Waals surface area contributed by atoms with Gasteiger partial charge in [-0.1, -0.05) is 12.1 Å². The summed E-state index contributed by atoms with van der Waals surface area (Å²) < 4.78 is 27.3. The van der Waals surface area contributed by atoms with Gasteiger partial charge in [-0.25, -0.2) is 0 Å². The second-order valence-electron chi connectivity index (χ2n) is 6.87. The molecule has 1 aliphatic rings. The van der Waals surface area contributed by atoms with E-state index in [9.17, 15) is 9.59 Å². The summed E-state index contributed by atoms with van der Waals surface area (Å²) in [5.41, 5.74) is 0.283. The molecular formula is C22H26N2O7. The Hall–Kier alpha value is -3.62. The van der Waals surface area contributed by atoms with Crippen molar-refractivity contribution >= 4 is 11.8 Å². The number of ether oxygens (including phenoxy) is 5. The number of para-hydroxylation sites is 2. The van der Waals surface area contributed by atoms with Crippen LogP contribution in [0.25, 0.3) is 0 Å². The predicted octanol–water partition coefficient (Wildman–Crippen LogP) is 1.74. The van der Waals surface area contributed by atoms with Gasteiger partial charge < -0.3 is 33.9 Å². The zero-order valence-electron chi connectivity index (χ0n) is 18.0. The molecule has 0 spiro atoms. The third kappa shape index (κ3) is 5.11. The first-order valence-corrected chi connectivity index (χ1v) is 9.67. The number of rotatable bonds is 8. The van der Waals surface area contributed by atoms with Gasteiger partial charge in [0.1, 0.15) is 6.61 Å². The van der Waals surface area contributed by atoms with E-state index in [1.165, 1.54) is 38.4 Å². The largest absolute Gasteiger partial charge is 0.493 e. The Morgan fingerprint density at radius 2 is 1.71 bits per heavy atom. The van der Waals surface area contributed by atoms with Gasteiger partial charge in [-0.05, 0) is 24.3 Å². The Morgan fingerprint density at radius 3 is 2.32 bits per heavy atom. The molecule has 1 heterocycles. The Balaban J connectivity index is 1.56. The molecule has 0 fully saturated rings. The number of benzene rings is 2. The number of nitrogens with one attached hydrogen (secondary N) is 1. The van der Waals surface area contributed by atoms with Crippen molar-refractivity contribution in [1.82, 2.24) is 10.2 Å². The summed E-state index contributed by atoms with van der Waals surface area (Å²) >= 11 is 0. The first-order valence-electron chi connectivity index (χ1n) is 9.67. The van der Waals surface area contributed by atoms with Crippen molar-refractivity contribution in [2.24, 2.45) is 0 Å². The van der Waals surface area contributed by atoms with Crippen LogP contribution in [0.1, 0.15) is 10.4 Å². The number of carbonyl (C=O) groups is 2. The minimum atomic E-state index is -0.438. The number of amides is 2. The average molecular weight is 430 g/mol. The first-order chi connectivity index (χ1) is 15.0. The number of hydrogen-bond acceptors (Lipinski definition) is 7. The summed E-state index contributed by atoms with van der Waals surface area (Å²) in [6.45, 7) is 0.496. The lowest BCUT2D eigenvalue weighted by molar-refractivity contribution is -0.130. The number of likely N-dealkylation sites (N-methyl/N-ethyl adjacent to an activating group) is 1. The molecular weight excluding hydrogens is 404 g/mol. The molecule has 0 aliphatic carbocycles. The Kier molecular flexibility index (Phi) is 7.07. The maximum absolute atomic E-state index is 12.6. The van der Waals surface area contributed by atoms with Crippen molar-refractivity contribution in [2.75, 3.05) is 48.1 Å². The number of carbonyl (C=O) groups excluding carboxylic acids is 2. The van der Waals surface area contributed by atoms with Crippen LogP contribution in [-0.4, -0.2) is 70.9 Å². The molecule has 9 nitrogen and oxygen atoms in total. The lowest BCUT2D eigenvalue weighted by Crippen LogP contribution is -2.45. The third-order valence-electron chi connectivity index (χ3n) is 4.80. The molecule has 2 aromatic carbocycles. The van der Waals surface area contributed by atoms with Crippen molar-refractivity contribution in [3.05, 3.63) is 42.0 Å². The molecule has 1 atom stereocenters. The summed E-state index contributed by atoms with van der Waals surface area (Å²) in [5, 5.41) is 2.62. The van der Waals surface area contributed by atoms with Gasteiger partial charge in [0.15, 0.2) is 29.1 Å². The molecule has 9 heteroatoms. The van der Waals surface area contributed by atoms with Crippen LogP contribution >= 0.6 is 0 Å². The monoisotopic (exact) mass is 430 g/mol. The highest BCUT2D eigenvalue weighted by atomic mass is 16.6. The lowest BCUT2D eigenvalue weighted by Gasteiger charge is -2.29. The van der Waals surface area contributed by atoms with E-state index < -0.39 is 5.91 Å². The molecule has 2 aromatic rings. The second-order valence-corrected chi connectivity index (χ2v) is 6.87. The Labute approximate surface area is 180 Å². The fourth-order valence-electron chi connectivity index (χ4n) is 3.17. The van der Waals surface area contributed by atoms with Gasteiger partial charge in [-0.3, -0.25) is 9.59 Å². The van der Waals surface area contributed by atoms with Crippen LogP contribution in [0.15, 0.2) is 36.4 Å². The highest BCUT2D eigenvalue weighted by molar-refractivity contribution is 5.97. The molecule has 3 rings (SSSR count). The van der Waals surface area contributed by atoms with E-state index in [1.807, 2.05) is 24.3 Å². The molecule has 1 unspecified atom stereocenters. The van der Waals surface area contributed by atoms with Crippen LogP contribution in [0.4, 0.5) is 0 Å². The summed E-state index contributed by atoms with van der Waals surface area (Å²) in [7, 11) is 6.06. The molecule has 0 radical (unpaired) electrons. The molecule has 0 saturated carbocycles. The van der Waals surface area contributed by atoms with Gasteiger partial charge in [0.05, 0.1) is 34.4 Å². The lowest BCUT2D eigenvalue weighted by atomic mass is 10.1. The van der Waals surface area contributed by atoms with Gasteiger partial charge >= 0.3 is 0 Å². The number of nitrogens with zero attached hydrogens (tertiary/aromatic N) is 1. The fraction of sp³-hybridized carbons (Fsp3) is 0.364. The highest BCUT2D eigenvalue weighted by Gasteiger charge is 2.24. The number of methoxy groups -OCH3 is 3. The second kappa shape index (κ2) is 9.92. The van der Waals surface area contributed by atoms with Crippen molar-refractivity contribution in [3.63, 3.8) is 0 Å². The van der Waals surface area contributed by atoms with Crippen LogP contribution in [0, 0.1) is 0 Å². The van der Waals surface area contributed by atoms with E-state index in [0.717, 1.165) is 0 Å². The van der Waals surface area contributed by atoms with Crippen molar-refractivity contribution < 1.29 is 33.3 Å². The third-order valence-corrected chi connectivity index (χ3v) is 4.80. The van der Waals surface area contributed by atoms with Gasteiger partial charge in [0.25, 0.3) is 5.91 Å². The molecule has 0 bridgehead atoms. The first kappa shape index (κ1) is 22.1. The topological polar surface area (TPSA) is 95.6 Å². The molecule has 31 heavy (non-hydrogen) atoms. The zero-order chi connectivity index (χ0) is 22.4. The van der Waals surface area contributed by atoms with Crippen molar-refractivity contribution in [2.45, 2.75) is 6.10 Å². The highest BCUT2D eigenvalue weighted by Crippen LogP contribution is 2.38. The molecule has 166 valence electrons. The number of fused-ring (bicyclic) bond motifs is 1. The Bertz CT molecular complexity index is 922. The number of hydrogen-bond donors (Lipinski definition) is 1. The summed E-state index contributed by atoms with van der Waals surface area (Å²) in [5.74, 6) is 1.72. The van der Waals surface area contributed by atoms with Crippen LogP contribution in [0.2, 0.25) is 0 Å². The standard InChI is InChI=1S/C22H26N2O7/c1-24(12-15-13-30-16-7-5-6-8-17(16)31-15)20(25)11-23-22(26)14-9-18(27-2)21(29-4)19(10-14)28-3/h5-10,15H,11-13H2,1-4H3,(H,23,26).